The van der Waals surface area contributed by atoms with Crippen LogP contribution < -0.4 is 0 Å². The van der Waals surface area contributed by atoms with Gasteiger partial charge in [0, 0.05) is 21.7 Å². The molecule has 0 aromatic carbocycles. The van der Waals surface area contributed by atoms with Crippen molar-refractivity contribution in [3.8, 4) is 0 Å². The van der Waals surface area contributed by atoms with Crippen molar-refractivity contribution >= 4 is 37.7 Å². The Hall–Kier alpha value is 1.55. The molecule has 56 valence electrons. The Morgan fingerprint density at radius 3 is 0.500 bits per heavy atom. The maximum absolute atomic E-state index is 0. The first-order valence-corrected chi connectivity index (χ1v) is 0. The Morgan fingerprint density at radius 1 is 0.500 bits per heavy atom. The predicted octanol–water partition coefficient (Wildman–Crippen LogP) is 0.757. The van der Waals surface area contributed by atoms with Crippen molar-refractivity contribution in [2.45, 2.75) is 0 Å². The number of hydrogen-bond acceptors (Lipinski definition) is 0. The molecule has 0 saturated carbocycles. The van der Waals surface area contributed by atoms with Crippen LogP contribution in [0.1, 0.15) is 2.85 Å². The van der Waals surface area contributed by atoms with Gasteiger partial charge in [0.25, 0.3) is 0 Å². The van der Waals surface area contributed by atoms with Gasteiger partial charge in [0.2, 0.25) is 0 Å². The summed E-state index contributed by atoms with van der Waals surface area (Å²) in [5.74, 6) is 0. The molecule has 0 aromatic rings. The van der Waals surface area contributed by atoms with Crippen LogP contribution >= 0.6 is 0 Å². The van der Waals surface area contributed by atoms with E-state index in [0.717, 1.165) is 0 Å². The first-order valence-electron chi connectivity index (χ1n) is 0. The van der Waals surface area contributed by atoms with Crippen LogP contribution in [0.4, 0.5) is 28.2 Å². The van der Waals surface area contributed by atoms with E-state index < -0.39 is 0 Å². The van der Waals surface area contributed by atoms with Crippen molar-refractivity contribution in [3.05, 3.63) is 0 Å². The van der Waals surface area contributed by atoms with E-state index in [1.807, 2.05) is 0 Å². The van der Waals surface area contributed by atoms with E-state index in [1.54, 1.807) is 0 Å². The maximum atomic E-state index is 0. The molecule has 0 aliphatic carbocycles. The molecule has 0 N–H and O–H groups in total. The van der Waals surface area contributed by atoms with Crippen molar-refractivity contribution in [3.63, 3.8) is 0 Å². The SMILES string of the molecule is F.F.F.F.F.F.[Ca+2].[H-].[H-].[Ti]. The van der Waals surface area contributed by atoms with Gasteiger partial charge in [-0.2, -0.15) is 0 Å². The molecule has 0 rings (SSSR count). The van der Waals surface area contributed by atoms with E-state index in [1.165, 1.54) is 0 Å². The third-order valence-electron chi connectivity index (χ3n) is 0. The fourth-order valence-corrected chi connectivity index (χ4v) is 0. The van der Waals surface area contributed by atoms with Crippen molar-refractivity contribution in [1.82, 2.24) is 0 Å². The normalized spacial score (nSPS) is 0. The fraction of sp³-hybridized carbons (Fsp3) is 0. The minimum atomic E-state index is 0. The molecule has 0 atom stereocenters. The van der Waals surface area contributed by atoms with Crippen LogP contribution in [0.25, 0.3) is 0 Å². The van der Waals surface area contributed by atoms with Crippen molar-refractivity contribution in [1.29, 1.82) is 0 Å². The van der Waals surface area contributed by atoms with Crippen LogP contribution in [-0.2, 0) is 21.7 Å². The Balaban J connectivity index is 0. The first kappa shape index (κ1) is 289. The molecule has 8 heteroatoms. The molecule has 0 amide bonds. The van der Waals surface area contributed by atoms with E-state index in [0.29, 0.717) is 0 Å². The zero-order chi connectivity index (χ0) is 0. The van der Waals surface area contributed by atoms with Gasteiger partial charge in [-0.1, -0.05) is 0 Å². The zero-order valence-corrected chi connectivity index (χ0v) is 7.43. The van der Waals surface area contributed by atoms with Crippen LogP contribution in [0.15, 0.2) is 0 Å². The van der Waals surface area contributed by atoms with Gasteiger partial charge in [-0.05, 0) is 0 Å². The van der Waals surface area contributed by atoms with Gasteiger partial charge in [-0.3, -0.25) is 28.2 Å². The standard InChI is InChI=1S/Ca.6FH.Ti.2H/h;6*1H;;;/q+2;;;;;;;;2*-1. The summed E-state index contributed by atoms with van der Waals surface area (Å²) in [5.41, 5.74) is 0. The molecule has 0 nitrogen and oxygen atoms in total. The molecule has 0 fully saturated rings. The van der Waals surface area contributed by atoms with Gasteiger partial charge < -0.3 is 2.85 Å². The van der Waals surface area contributed by atoms with Crippen LogP contribution in [0, 0.1) is 0 Å². The minimum Gasteiger partial charge on any atom is -1.00 e. The van der Waals surface area contributed by atoms with E-state index in [4.69, 9.17) is 0 Å². The Bertz CT molecular complexity index is 15.7. The molecule has 0 spiro atoms. The van der Waals surface area contributed by atoms with Crippen LogP contribution in [0.5, 0.6) is 0 Å². The van der Waals surface area contributed by atoms with Crippen molar-refractivity contribution < 1.29 is 52.8 Å². The van der Waals surface area contributed by atoms with E-state index >= 15 is 0 Å². The average molecular weight is 210 g/mol. The van der Waals surface area contributed by atoms with E-state index in [9.17, 15) is 0 Å². The molecule has 0 radical (unpaired) electrons. The number of rotatable bonds is 0. The largest absolute Gasteiger partial charge is 2.00 e. The summed E-state index contributed by atoms with van der Waals surface area (Å²) in [7, 11) is 0. The van der Waals surface area contributed by atoms with Gasteiger partial charge >= 0.3 is 37.7 Å². The molecule has 8 heavy (non-hydrogen) atoms. The second-order valence-corrected chi connectivity index (χ2v) is 0. The second kappa shape index (κ2) is 202. The quantitative estimate of drug-likeness (QED) is 0.409. The Kier molecular flexibility index (Phi) is 7310. The van der Waals surface area contributed by atoms with Crippen molar-refractivity contribution in [2.75, 3.05) is 0 Å². The average Bonchev–Trinajstić information content (AvgIpc) is 0. The zero-order valence-electron chi connectivity index (χ0n) is 5.66. The van der Waals surface area contributed by atoms with Crippen molar-refractivity contribution in [2.24, 2.45) is 0 Å². The molecule has 0 heterocycles. The molecule has 0 aliphatic rings. The van der Waals surface area contributed by atoms with Crippen LogP contribution in [0.3, 0.4) is 0 Å². The molecule has 0 bridgehead atoms. The summed E-state index contributed by atoms with van der Waals surface area (Å²) in [5, 5.41) is 0. The minimum absolute atomic E-state index is 0. The van der Waals surface area contributed by atoms with Crippen LogP contribution in [0.2, 0.25) is 0 Å². The summed E-state index contributed by atoms with van der Waals surface area (Å²) in [6.07, 6.45) is 0. The summed E-state index contributed by atoms with van der Waals surface area (Å²) in [6.45, 7) is 0. The second-order valence-electron chi connectivity index (χ2n) is 0. The predicted molar refractivity (Wildman–Crippen MR) is 23.0 cm³/mol. The molecular formula is H8CaF6Ti. The number of hydrogen-bond donors (Lipinski definition) is 0. The topological polar surface area (TPSA) is 0 Å². The number of halogens is 6. The molecule has 0 unspecified atom stereocenters. The van der Waals surface area contributed by atoms with E-state index in [2.05, 4.69) is 0 Å². The maximum Gasteiger partial charge on any atom is 2.00 e. The Labute approximate surface area is 89.8 Å². The van der Waals surface area contributed by atoms with Gasteiger partial charge in [0.1, 0.15) is 0 Å². The fourth-order valence-electron chi connectivity index (χ4n) is 0. The van der Waals surface area contributed by atoms with Gasteiger partial charge in [-0.15, -0.1) is 0 Å². The summed E-state index contributed by atoms with van der Waals surface area (Å²) in [4.78, 5) is 0. The van der Waals surface area contributed by atoms with Crippen LogP contribution in [-0.4, -0.2) is 37.7 Å². The third-order valence-corrected chi connectivity index (χ3v) is 0. The summed E-state index contributed by atoms with van der Waals surface area (Å²) < 4.78 is 0. The van der Waals surface area contributed by atoms with Gasteiger partial charge in [-0.25, -0.2) is 0 Å². The van der Waals surface area contributed by atoms with Gasteiger partial charge in [0.15, 0.2) is 0 Å². The smallest absolute Gasteiger partial charge is 1.00 e. The summed E-state index contributed by atoms with van der Waals surface area (Å²) in [6, 6.07) is 0. The summed E-state index contributed by atoms with van der Waals surface area (Å²) >= 11 is 0. The third kappa shape index (κ3) is 134. The Morgan fingerprint density at radius 2 is 0.500 bits per heavy atom. The molecule has 0 aliphatic heterocycles. The monoisotopic (exact) mass is 210 g/mol. The molecule has 0 saturated heterocycles. The van der Waals surface area contributed by atoms with E-state index in [-0.39, 0.29) is 90.5 Å². The van der Waals surface area contributed by atoms with Gasteiger partial charge in [0.05, 0.1) is 0 Å². The molecule has 0 aromatic heterocycles. The molecular weight excluding hydrogens is 202 g/mol. The first-order chi connectivity index (χ1) is 0.